The van der Waals surface area contributed by atoms with Gasteiger partial charge in [-0.15, -0.1) is 0 Å². The summed E-state index contributed by atoms with van der Waals surface area (Å²) in [5.74, 6) is 1.29. The van der Waals surface area contributed by atoms with E-state index in [-0.39, 0.29) is 11.6 Å². The number of aromatic hydroxyl groups is 1. The summed E-state index contributed by atoms with van der Waals surface area (Å²) in [5, 5.41) is 14.8. The molecule has 2 N–H and O–H groups in total. The molecule has 2 aliphatic heterocycles. The van der Waals surface area contributed by atoms with Gasteiger partial charge in [0.2, 0.25) is 0 Å². The van der Waals surface area contributed by atoms with Crippen molar-refractivity contribution < 1.29 is 5.11 Å². The molecule has 3 atom stereocenters. The van der Waals surface area contributed by atoms with E-state index in [0.717, 1.165) is 68.6 Å². The zero-order valence-electron chi connectivity index (χ0n) is 23.7. The Hall–Kier alpha value is -2.74. The van der Waals surface area contributed by atoms with E-state index in [4.69, 9.17) is 9.97 Å². The van der Waals surface area contributed by atoms with Gasteiger partial charge in [0.25, 0.3) is 0 Å². The summed E-state index contributed by atoms with van der Waals surface area (Å²) < 4.78 is 0. The lowest BCUT2D eigenvalue weighted by Gasteiger charge is -2.47. The molecule has 2 fully saturated rings. The second-order valence-corrected chi connectivity index (χ2v) is 11.7. The van der Waals surface area contributed by atoms with Crippen molar-refractivity contribution in [3.05, 3.63) is 60.0 Å². The van der Waals surface area contributed by atoms with Crippen LogP contribution in [0.5, 0.6) is 5.75 Å². The molecule has 0 bridgehead atoms. The molecule has 0 unspecified atom stereocenters. The monoisotopic (exact) mass is 516 g/mol. The van der Waals surface area contributed by atoms with Crippen molar-refractivity contribution in [1.29, 1.82) is 0 Å². The predicted octanol–water partition coefficient (Wildman–Crippen LogP) is 4.92. The predicted molar refractivity (Wildman–Crippen MR) is 156 cm³/mol. The molecule has 0 spiro atoms. The molecule has 2 aliphatic rings. The number of phenols is 1. The number of nitrogens with zero attached hydrogens (tertiary/aromatic N) is 5. The van der Waals surface area contributed by atoms with Crippen molar-refractivity contribution in [1.82, 2.24) is 25.1 Å². The van der Waals surface area contributed by atoms with E-state index in [0.29, 0.717) is 17.8 Å². The molecular weight excluding hydrogens is 472 g/mol. The fourth-order valence-electron chi connectivity index (χ4n) is 6.69. The van der Waals surface area contributed by atoms with E-state index < -0.39 is 0 Å². The third kappa shape index (κ3) is 5.37. The van der Waals surface area contributed by atoms with Crippen molar-refractivity contribution in [3.8, 4) is 5.75 Å². The SMILES string of the molecule is CCC[C@@H](c1ncc2cc(N3CCC(c4cccc(O)c4)(N(C)C)CC3)ccc2n1)N1C[C@@H](C)N[C@@H](C)C1. The zero-order valence-corrected chi connectivity index (χ0v) is 23.7. The van der Waals surface area contributed by atoms with E-state index in [2.05, 4.69) is 79.1 Å². The minimum Gasteiger partial charge on any atom is -0.508 e. The minimum atomic E-state index is -0.0721. The average molecular weight is 517 g/mol. The number of rotatable bonds is 7. The van der Waals surface area contributed by atoms with E-state index >= 15 is 0 Å². The van der Waals surface area contributed by atoms with Crippen LogP contribution in [0.2, 0.25) is 0 Å². The van der Waals surface area contributed by atoms with E-state index in [1.807, 2.05) is 18.3 Å². The molecule has 0 saturated carbocycles. The molecule has 1 aromatic heterocycles. The number of fused-ring (bicyclic) bond motifs is 1. The molecular formula is C31H44N6O. The maximum Gasteiger partial charge on any atom is 0.146 e. The van der Waals surface area contributed by atoms with Crippen LogP contribution >= 0.6 is 0 Å². The Balaban J connectivity index is 1.34. The van der Waals surface area contributed by atoms with Gasteiger partial charge in [0, 0.05) is 61.1 Å². The Bertz CT molecular complexity index is 1230. The first-order chi connectivity index (χ1) is 18.3. The lowest BCUT2D eigenvalue weighted by Crippen LogP contribution is -2.55. The summed E-state index contributed by atoms with van der Waals surface area (Å²) in [6.07, 6.45) is 6.21. The lowest BCUT2D eigenvalue weighted by molar-refractivity contribution is 0.112. The number of hydrogen-bond donors (Lipinski definition) is 2. The largest absolute Gasteiger partial charge is 0.508 e. The molecule has 7 nitrogen and oxygen atoms in total. The quantitative estimate of drug-likeness (QED) is 0.462. The van der Waals surface area contributed by atoms with Crippen LogP contribution in [-0.4, -0.2) is 77.2 Å². The van der Waals surface area contributed by atoms with Gasteiger partial charge in [0.05, 0.1) is 11.6 Å². The molecule has 38 heavy (non-hydrogen) atoms. The average Bonchev–Trinajstić information content (AvgIpc) is 2.90. The van der Waals surface area contributed by atoms with Crippen molar-refractivity contribution in [2.75, 3.05) is 45.2 Å². The maximum absolute atomic E-state index is 10.1. The number of piperazine rings is 1. The van der Waals surface area contributed by atoms with Crippen molar-refractivity contribution in [2.45, 2.75) is 70.1 Å². The van der Waals surface area contributed by atoms with Crippen LogP contribution in [0.4, 0.5) is 5.69 Å². The van der Waals surface area contributed by atoms with Gasteiger partial charge in [-0.1, -0.05) is 25.5 Å². The number of benzene rings is 2. The summed E-state index contributed by atoms with van der Waals surface area (Å²) in [7, 11) is 4.30. The number of anilines is 1. The zero-order chi connectivity index (χ0) is 26.9. The van der Waals surface area contributed by atoms with Crippen LogP contribution in [-0.2, 0) is 5.54 Å². The fourth-order valence-corrected chi connectivity index (χ4v) is 6.69. The van der Waals surface area contributed by atoms with E-state index in [1.165, 1.54) is 11.3 Å². The molecule has 0 aliphatic carbocycles. The summed E-state index contributed by atoms with van der Waals surface area (Å²) in [5.41, 5.74) is 3.37. The van der Waals surface area contributed by atoms with Crippen molar-refractivity contribution in [3.63, 3.8) is 0 Å². The van der Waals surface area contributed by atoms with Gasteiger partial charge in [-0.2, -0.15) is 0 Å². The highest BCUT2D eigenvalue weighted by Gasteiger charge is 2.38. The van der Waals surface area contributed by atoms with E-state index in [9.17, 15) is 5.11 Å². The van der Waals surface area contributed by atoms with Crippen LogP contribution in [0.15, 0.2) is 48.7 Å². The van der Waals surface area contributed by atoms with Crippen LogP contribution < -0.4 is 10.2 Å². The van der Waals surface area contributed by atoms with Crippen LogP contribution in [0.25, 0.3) is 10.9 Å². The van der Waals surface area contributed by atoms with Gasteiger partial charge in [0.15, 0.2) is 0 Å². The first-order valence-electron chi connectivity index (χ1n) is 14.3. The topological polar surface area (TPSA) is 67.8 Å². The molecule has 3 aromatic rings. The highest BCUT2D eigenvalue weighted by atomic mass is 16.3. The highest BCUT2D eigenvalue weighted by Crippen LogP contribution is 2.40. The van der Waals surface area contributed by atoms with Crippen molar-refractivity contribution >= 4 is 16.6 Å². The summed E-state index contributed by atoms with van der Waals surface area (Å²) >= 11 is 0. The maximum atomic E-state index is 10.1. The Labute approximate surface area is 227 Å². The minimum absolute atomic E-state index is 0.0721. The Kier molecular flexibility index (Phi) is 7.89. The molecule has 5 rings (SSSR count). The van der Waals surface area contributed by atoms with E-state index in [1.54, 1.807) is 6.07 Å². The number of nitrogens with one attached hydrogen (secondary N) is 1. The number of piperidine rings is 1. The normalized spacial score (nSPS) is 23.2. The second-order valence-electron chi connectivity index (χ2n) is 11.7. The number of phenolic OH excluding ortho intramolecular Hbond substituents is 1. The summed E-state index contributed by atoms with van der Waals surface area (Å²) in [6.45, 7) is 10.7. The third-order valence-corrected chi connectivity index (χ3v) is 8.66. The van der Waals surface area contributed by atoms with Crippen LogP contribution in [0, 0.1) is 0 Å². The molecule has 7 heteroatoms. The Morgan fingerprint density at radius 3 is 2.47 bits per heavy atom. The van der Waals surface area contributed by atoms with Gasteiger partial charge in [-0.3, -0.25) is 9.80 Å². The molecule has 3 heterocycles. The smallest absolute Gasteiger partial charge is 0.146 e. The standard InChI is InChI=1S/C31H44N6O/c1-6-8-29(37-20-22(2)33-23(3)21-37)30-32-19-24-17-26(11-12-28(24)34-30)36-15-13-31(14-16-36,35(4)5)25-9-7-10-27(38)18-25/h7,9-12,17-19,22-23,29,33,38H,6,8,13-16,20-21H2,1-5H3/t22-,23+,29-/m0/s1. The van der Waals surface area contributed by atoms with Crippen molar-refractivity contribution in [2.24, 2.45) is 0 Å². The van der Waals surface area contributed by atoms with Gasteiger partial charge in [-0.25, -0.2) is 9.97 Å². The molecule has 0 radical (unpaired) electrons. The van der Waals surface area contributed by atoms with Gasteiger partial charge >= 0.3 is 0 Å². The summed E-state index contributed by atoms with van der Waals surface area (Å²) in [6, 6.07) is 15.6. The second kappa shape index (κ2) is 11.2. The Morgan fingerprint density at radius 2 is 1.82 bits per heavy atom. The molecule has 2 aromatic carbocycles. The number of hydrogen-bond acceptors (Lipinski definition) is 7. The molecule has 0 amide bonds. The first-order valence-corrected chi connectivity index (χ1v) is 14.3. The summed E-state index contributed by atoms with van der Waals surface area (Å²) in [4.78, 5) is 17.4. The highest BCUT2D eigenvalue weighted by molar-refractivity contribution is 5.82. The molecule has 204 valence electrons. The van der Waals surface area contributed by atoms with Gasteiger partial charge < -0.3 is 15.3 Å². The third-order valence-electron chi connectivity index (χ3n) is 8.66. The van der Waals surface area contributed by atoms with Crippen LogP contribution in [0.1, 0.15) is 63.9 Å². The van der Waals surface area contributed by atoms with Gasteiger partial charge in [0.1, 0.15) is 11.6 Å². The van der Waals surface area contributed by atoms with Crippen LogP contribution in [0.3, 0.4) is 0 Å². The van der Waals surface area contributed by atoms with Gasteiger partial charge in [-0.05, 0) is 83.1 Å². The molecule has 2 saturated heterocycles. The first kappa shape index (κ1) is 26.9. The number of aromatic nitrogens is 2. The fraction of sp³-hybridized carbons (Fsp3) is 0.548. The lowest BCUT2D eigenvalue weighted by atomic mass is 9.79. The Morgan fingerprint density at radius 1 is 1.08 bits per heavy atom.